The van der Waals surface area contributed by atoms with Crippen LogP contribution in [0.2, 0.25) is 0 Å². The van der Waals surface area contributed by atoms with Crippen LogP contribution in [0.5, 0.6) is 5.75 Å². The summed E-state index contributed by atoms with van der Waals surface area (Å²) in [4.78, 5) is 43.3. The third-order valence-corrected chi connectivity index (χ3v) is 7.17. The number of nitrogens with zero attached hydrogens (tertiary/aromatic N) is 2. The zero-order valence-corrected chi connectivity index (χ0v) is 24.8. The van der Waals surface area contributed by atoms with Gasteiger partial charge in [0.1, 0.15) is 17.0 Å². The molecule has 2 aliphatic heterocycles. The molecule has 0 bridgehead atoms. The van der Waals surface area contributed by atoms with E-state index in [1.165, 1.54) is 10.5 Å². The van der Waals surface area contributed by atoms with Gasteiger partial charge in [0.2, 0.25) is 0 Å². The van der Waals surface area contributed by atoms with Gasteiger partial charge in [-0.1, -0.05) is 18.2 Å². The Morgan fingerprint density at radius 3 is 2.00 bits per heavy atom. The summed E-state index contributed by atoms with van der Waals surface area (Å²) in [6, 6.07) is 11.4. The van der Waals surface area contributed by atoms with Crippen LogP contribution >= 0.6 is 0 Å². The van der Waals surface area contributed by atoms with Gasteiger partial charge in [0.25, 0.3) is 0 Å². The topological polar surface area (TPSA) is 85.4 Å². The SMILES string of the molecule is CN1CCC(c2cccc3c2CCN(C(=O)OC(C)(C)C)C3C(=O)Oc2ccc(C(=O)OC(C)(C)C)cc2)CC1. The highest BCUT2D eigenvalue weighted by atomic mass is 16.6. The number of hydrogen-bond acceptors (Lipinski definition) is 7. The Morgan fingerprint density at radius 1 is 0.800 bits per heavy atom. The van der Waals surface area contributed by atoms with Crippen molar-refractivity contribution in [2.45, 2.75) is 84.0 Å². The highest BCUT2D eigenvalue weighted by Gasteiger charge is 2.40. The first-order valence-corrected chi connectivity index (χ1v) is 14.1. The van der Waals surface area contributed by atoms with Crippen LogP contribution in [0, 0.1) is 0 Å². The van der Waals surface area contributed by atoms with E-state index in [-0.39, 0.29) is 5.75 Å². The Bertz CT molecular complexity index is 1230. The highest BCUT2D eigenvalue weighted by Crippen LogP contribution is 2.39. The van der Waals surface area contributed by atoms with E-state index in [9.17, 15) is 14.4 Å². The minimum atomic E-state index is -0.949. The third kappa shape index (κ3) is 7.22. The number of rotatable bonds is 4. The number of amides is 1. The monoisotopic (exact) mass is 550 g/mol. The molecular weight excluding hydrogens is 508 g/mol. The summed E-state index contributed by atoms with van der Waals surface area (Å²) in [7, 11) is 2.14. The Balaban J connectivity index is 1.62. The van der Waals surface area contributed by atoms with Crippen molar-refractivity contribution in [3.05, 3.63) is 64.7 Å². The minimum Gasteiger partial charge on any atom is -0.456 e. The number of fused-ring (bicyclic) bond motifs is 1. The highest BCUT2D eigenvalue weighted by molar-refractivity contribution is 5.90. The zero-order chi connectivity index (χ0) is 29.2. The average molecular weight is 551 g/mol. The largest absolute Gasteiger partial charge is 0.456 e. The van der Waals surface area contributed by atoms with Gasteiger partial charge in [-0.05, 0) is 128 Å². The first-order valence-electron chi connectivity index (χ1n) is 14.1. The standard InChI is InChI=1S/C32H42N2O6/c1-31(2,3)39-28(35)22-11-13-23(14-12-22)38-29(36)27-26-10-8-9-24(21-15-18-33(7)19-16-21)25(26)17-20-34(27)30(37)40-32(4,5)6/h8-14,21,27H,15-20H2,1-7H3. The van der Waals surface area contributed by atoms with E-state index in [4.69, 9.17) is 14.2 Å². The normalized spacial score (nSPS) is 18.6. The summed E-state index contributed by atoms with van der Waals surface area (Å²) < 4.78 is 16.9. The number of benzene rings is 2. The van der Waals surface area contributed by atoms with Crippen LogP contribution in [0.25, 0.3) is 0 Å². The molecule has 8 heteroatoms. The van der Waals surface area contributed by atoms with Crippen molar-refractivity contribution in [3.63, 3.8) is 0 Å². The van der Waals surface area contributed by atoms with E-state index in [1.807, 2.05) is 12.1 Å². The maximum Gasteiger partial charge on any atom is 0.411 e. The number of hydrogen-bond donors (Lipinski definition) is 0. The Labute approximate surface area is 237 Å². The van der Waals surface area contributed by atoms with Gasteiger partial charge in [0.05, 0.1) is 5.56 Å². The summed E-state index contributed by atoms with van der Waals surface area (Å²) in [6.45, 7) is 13.2. The number of carbonyl (C=O) groups excluding carboxylic acids is 3. The number of ether oxygens (including phenoxy) is 3. The van der Waals surface area contributed by atoms with Gasteiger partial charge in [-0.3, -0.25) is 4.90 Å². The molecule has 216 valence electrons. The van der Waals surface area contributed by atoms with E-state index in [0.29, 0.717) is 24.4 Å². The van der Waals surface area contributed by atoms with Crippen LogP contribution in [0.4, 0.5) is 4.79 Å². The van der Waals surface area contributed by atoms with Crippen LogP contribution < -0.4 is 4.74 Å². The molecule has 0 spiro atoms. The molecule has 1 unspecified atom stereocenters. The summed E-state index contributed by atoms with van der Waals surface area (Å²) in [5, 5.41) is 0. The predicted molar refractivity (Wildman–Crippen MR) is 153 cm³/mol. The lowest BCUT2D eigenvalue weighted by Gasteiger charge is -2.38. The number of piperidine rings is 1. The van der Waals surface area contributed by atoms with Crippen LogP contribution in [-0.2, 0) is 20.7 Å². The summed E-state index contributed by atoms with van der Waals surface area (Å²) >= 11 is 0. The van der Waals surface area contributed by atoms with Crippen LogP contribution in [-0.4, -0.2) is 65.7 Å². The van der Waals surface area contributed by atoms with E-state index >= 15 is 0 Å². The second-order valence-electron chi connectivity index (χ2n) is 12.8. The molecule has 40 heavy (non-hydrogen) atoms. The fraction of sp³-hybridized carbons (Fsp3) is 0.531. The van der Waals surface area contributed by atoms with Gasteiger partial charge in [-0.2, -0.15) is 0 Å². The van der Waals surface area contributed by atoms with E-state index < -0.39 is 35.3 Å². The summed E-state index contributed by atoms with van der Waals surface area (Å²) in [5.74, 6) is -0.335. The maximum atomic E-state index is 13.8. The first-order chi connectivity index (χ1) is 18.7. The van der Waals surface area contributed by atoms with Gasteiger partial charge < -0.3 is 19.1 Å². The average Bonchev–Trinajstić information content (AvgIpc) is 2.86. The molecule has 1 fully saturated rings. The number of likely N-dealkylation sites (tertiary alicyclic amines) is 1. The Kier molecular flexibility index (Phi) is 8.59. The van der Waals surface area contributed by atoms with Crippen molar-refractivity contribution < 1.29 is 28.6 Å². The van der Waals surface area contributed by atoms with Crippen molar-refractivity contribution in [1.29, 1.82) is 0 Å². The lowest BCUT2D eigenvalue weighted by Crippen LogP contribution is -2.47. The van der Waals surface area contributed by atoms with E-state index in [1.54, 1.807) is 65.8 Å². The Hall–Kier alpha value is -3.39. The fourth-order valence-electron chi connectivity index (χ4n) is 5.34. The molecule has 1 amide bonds. The van der Waals surface area contributed by atoms with Crippen molar-refractivity contribution in [2.24, 2.45) is 0 Å². The molecule has 1 atom stereocenters. The Morgan fingerprint density at radius 2 is 1.40 bits per heavy atom. The molecule has 2 heterocycles. The molecule has 2 aliphatic rings. The molecule has 8 nitrogen and oxygen atoms in total. The first kappa shape index (κ1) is 29.6. The second kappa shape index (κ2) is 11.6. The zero-order valence-electron chi connectivity index (χ0n) is 24.8. The third-order valence-electron chi connectivity index (χ3n) is 7.17. The lowest BCUT2D eigenvalue weighted by atomic mass is 9.81. The number of esters is 2. The summed E-state index contributed by atoms with van der Waals surface area (Å²) in [5.41, 5.74) is 2.20. The van der Waals surface area contributed by atoms with Crippen LogP contribution in [0.15, 0.2) is 42.5 Å². The van der Waals surface area contributed by atoms with Crippen LogP contribution in [0.1, 0.15) is 93.4 Å². The maximum absolute atomic E-state index is 13.8. The van der Waals surface area contributed by atoms with E-state index in [0.717, 1.165) is 37.1 Å². The van der Waals surface area contributed by atoms with Gasteiger partial charge in [-0.25, -0.2) is 14.4 Å². The lowest BCUT2D eigenvalue weighted by molar-refractivity contribution is -0.141. The predicted octanol–water partition coefficient (Wildman–Crippen LogP) is 5.89. The van der Waals surface area contributed by atoms with Gasteiger partial charge in [0, 0.05) is 6.54 Å². The number of carbonyl (C=O) groups is 3. The molecule has 2 aromatic carbocycles. The van der Waals surface area contributed by atoms with Crippen molar-refractivity contribution in [1.82, 2.24) is 9.80 Å². The fourth-order valence-corrected chi connectivity index (χ4v) is 5.34. The molecule has 0 aromatic heterocycles. The smallest absolute Gasteiger partial charge is 0.411 e. The van der Waals surface area contributed by atoms with E-state index in [2.05, 4.69) is 18.0 Å². The summed E-state index contributed by atoms with van der Waals surface area (Å²) in [6.07, 6.45) is 2.21. The molecule has 1 saturated heterocycles. The molecule has 0 saturated carbocycles. The molecule has 2 aromatic rings. The van der Waals surface area contributed by atoms with Crippen molar-refractivity contribution in [3.8, 4) is 5.75 Å². The van der Waals surface area contributed by atoms with Crippen LogP contribution in [0.3, 0.4) is 0 Å². The molecule has 4 rings (SSSR count). The van der Waals surface area contributed by atoms with Crippen molar-refractivity contribution in [2.75, 3.05) is 26.7 Å². The molecule has 0 aliphatic carbocycles. The molecule has 0 radical (unpaired) electrons. The van der Waals surface area contributed by atoms with Gasteiger partial charge in [0.15, 0.2) is 6.04 Å². The van der Waals surface area contributed by atoms with Crippen molar-refractivity contribution >= 4 is 18.0 Å². The quantitative estimate of drug-likeness (QED) is 0.347. The second-order valence-corrected chi connectivity index (χ2v) is 12.8. The minimum absolute atomic E-state index is 0.278. The van der Waals surface area contributed by atoms with Gasteiger partial charge in [-0.15, -0.1) is 0 Å². The molecule has 0 N–H and O–H groups in total. The van der Waals surface area contributed by atoms with Gasteiger partial charge >= 0.3 is 18.0 Å². The molecular formula is C32H42N2O6.